The highest BCUT2D eigenvalue weighted by molar-refractivity contribution is 7.32. The van der Waals surface area contributed by atoms with Gasteiger partial charge < -0.3 is 16.5 Å². The molecule has 0 N–H and O–H groups in total. The van der Waals surface area contributed by atoms with Gasteiger partial charge in [-0.2, -0.15) is 0 Å². The van der Waals surface area contributed by atoms with Crippen LogP contribution in [0.4, 0.5) is 0 Å². The first-order chi connectivity index (χ1) is 8.54. The Hall–Kier alpha value is 1.50. The summed E-state index contributed by atoms with van der Waals surface area (Å²) in [6.07, 6.45) is 0. The largest absolute Gasteiger partial charge is 0.638 e. The second-order valence-electron chi connectivity index (χ2n) is 7.47. The van der Waals surface area contributed by atoms with Gasteiger partial charge in [-0.05, 0) is 58.9 Å². The van der Waals surface area contributed by atoms with Crippen molar-refractivity contribution >= 4 is 63.8 Å². The molecule has 0 spiro atoms. The smallest absolute Gasteiger partial charge is 0.396 e. The molecule has 0 atom stereocenters. The Morgan fingerprint density at radius 2 is 0.850 bits per heavy atom. The molecular weight excluding hydrogens is 383 g/mol. The summed E-state index contributed by atoms with van der Waals surface area (Å²) in [5, 5.41) is 0. The fourth-order valence-corrected chi connectivity index (χ4v) is 16.1. The van der Waals surface area contributed by atoms with Gasteiger partial charge in [-0.25, -0.2) is 0 Å². The predicted molar refractivity (Wildman–Crippen MR) is 97.6 cm³/mol. The van der Waals surface area contributed by atoms with Crippen LogP contribution in [0.2, 0.25) is 58.9 Å². The molecule has 0 aliphatic carbocycles. The molecule has 4 nitrogen and oxygen atoms in total. The van der Waals surface area contributed by atoms with Crippen molar-refractivity contribution in [2.75, 3.05) is 0 Å². The van der Waals surface area contributed by atoms with Crippen molar-refractivity contribution < 1.29 is 16.5 Å². The zero-order valence-corrected chi connectivity index (χ0v) is 20.4. The molecule has 121 valence electrons. The van der Waals surface area contributed by atoms with Gasteiger partial charge in [0.05, 0.1) is 0 Å². The summed E-state index contributed by atoms with van der Waals surface area (Å²) in [6.45, 7) is 18.7. The second-order valence-corrected chi connectivity index (χ2v) is 27.5. The molecule has 11 heteroatoms. The lowest BCUT2D eigenvalue weighted by Gasteiger charge is -2.41. The van der Waals surface area contributed by atoms with Gasteiger partial charge in [0, 0.05) is 0 Å². The average Bonchev–Trinajstić information content (AvgIpc) is 1.86. The van der Waals surface area contributed by atoms with Gasteiger partial charge in [0.15, 0.2) is 25.0 Å². The lowest BCUT2D eigenvalue weighted by Crippen LogP contribution is -2.63. The second kappa shape index (κ2) is 7.38. The molecule has 0 saturated carbocycles. The van der Waals surface area contributed by atoms with Crippen molar-refractivity contribution in [2.24, 2.45) is 0 Å². The van der Waals surface area contributed by atoms with Crippen LogP contribution in [0.15, 0.2) is 0 Å². The highest BCUT2D eigenvalue weighted by Gasteiger charge is 2.54. The van der Waals surface area contributed by atoms with Crippen LogP contribution in [0.25, 0.3) is 0 Å². The van der Waals surface area contributed by atoms with Crippen molar-refractivity contribution in [2.45, 2.75) is 58.9 Å². The average molecular weight is 411 g/mol. The quantitative estimate of drug-likeness (QED) is 0.437. The summed E-state index contributed by atoms with van der Waals surface area (Å²) in [6, 6.07) is 0. The molecule has 0 aromatic carbocycles. The van der Waals surface area contributed by atoms with E-state index in [-0.39, 0.29) is 0 Å². The first-order valence-corrected chi connectivity index (χ1v) is 21.8. The van der Waals surface area contributed by atoms with Crippen LogP contribution in [0.3, 0.4) is 0 Å². The van der Waals surface area contributed by atoms with Gasteiger partial charge in [-0.1, -0.05) is 0 Å². The van der Waals surface area contributed by atoms with E-state index in [1.165, 1.54) is 0 Å². The van der Waals surface area contributed by atoms with Crippen molar-refractivity contribution in [1.29, 1.82) is 0 Å². The maximum Gasteiger partial charge on any atom is 0.638 e. The Balaban J connectivity index is 5.50. The van der Waals surface area contributed by atoms with Crippen molar-refractivity contribution in [3.63, 3.8) is 0 Å². The van der Waals surface area contributed by atoms with Gasteiger partial charge in [0.1, 0.15) is 0 Å². The monoisotopic (exact) mass is 409 g/mol. The Morgan fingerprint density at radius 3 is 1.00 bits per heavy atom. The molecule has 0 heterocycles. The van der Waals surface area contributed by atoms with Gasteiger partial charge in [0.25, 0.3) is 0 Å². The molecule has 0 bridgehead atoms. The third kappa shape index (κ3) is 11.1. The van der Waals surface area contributed by atoms with Crippen LogP contribution in [0, 0.1) is 0 Å². The van der Waals surface area contributed by atoms with Gasteiger partial charge in [0.2, 0.25) is 0 Å². The molecule has 0 aliphatic heterocycles. The van der Waals surface area contributed by atoms with E-state index in [1.54, 1.807) is 0 Å². The van der Waals surface area contributed by atoms with E-state index in [9.17, 15) is 0 Å². The summed E-state index contributed by atoms with van der Waals surface area (Å²) < 4.78 is 24.5. The molecule has 0 aromatic rings. The van der Waals surface area contributed by atoms with Crippen LogP contribution in [0.1, 0.15) is 0 Å². The van der Waals surface area contributed by atoms with Crippen molar-refractivity contribution in [1.82, 2.24) is 0 Å². The van der Waals surface area contributed by atoms with E-state index < -0.39 is 41.7 Å². The zero-order valence-electron chi connectivity index (χ0n) is 13.9. The van der Waals surface area contributed by atoms with Gasteiger partial charge in [-0.3, -0.25) is 0 Å². The van der Waals surface area contributed by atoms with E-state index in [0.29, 0.717) is 0 Å². The maximum atomic E-state index is 6.23. The SMILES string of the molecule is C[Si](C)(C)O[Si](O[Si](Cl)Cl)(O[Si](C)(C)C)O[Si](C)(C)C. The Morgan fingerprint density at radius 1 is 0.600 bits per heavy atom. The lowest BCUT2D eigenvalue weighted by molar-refractivity contribution is 0.156. The number of halogens is 2. The minimum absolute atomic E-state index is 1.93. The highest BCUT2D eigenvalue weighted by Crippen LogP contribution is 2.28. The molecular formula is C9H27Cl2O4Si5. The van der Waals surface area contributed by atoms with Crippen LogP contribution in [-0.4, -0.2) is 41.7 Å². The minimum Gasteiger partial charge on any atom is -0.396 e. The summed E-state index contributed by atoms with van der Waals surface area (Å²) in [5.74, 6) is 0. The molecule has 0 fully saturated rings. The fraction of sp³-hybridized carbons (Fsp3) is 1.00. The Labute approximate surface area is 139 Å². The van der Waals surface area contributed by atoms with Crippen molar-refractivity contribution in [3.05, 3.63) is 0 Å². The first kappa shape index (κ1) is 21.5. The molecule has 0 unspecified atom stereocenters. The standard InChI is InChI=1S/C9H27Cl2O4Si5/c1-17(2,3)13-20(12-16(10)11,14-18(4,5)6)15-19(7,8)9/h1-9H3. The highest BCUT2D eigenvalue weighted by atomic mass is 35.7. The van der Waals surface area contributed by atoms with E-state index in [2.05, 4.69) is 58.9 Å². The third-order valence-electron chi connectivity index (χ3n) is 1.50. The summed E-state index contributed by atoms with van der Waals surface area (Å²) in [5.41, 5.74) is 0. The maximum absolute atomic E-state index is 6.23. The first-order valence-electron chi connectivity index (χ1n) is 6.51. The van der Waals surface area contributed by atoms with Gasteiger partial charge >= 0.3 is 16.7 Å². The normalized spacial score (nSPS) is 15.0. The van der Waals surface area contributed by atoms with Gasteiger partial charge in [-0.15, -0.1) is 22.2 Å². The van der Waals surface area contributed by atoms with E-state index in [0.717, 1.165) is 0 Å². The molecule has 1 radical (unpaired) electrons. The van der Waals surface area contributed by atoms with Crippen LogP contribution in [0.5, 0.6) is 0 Å². The molecule has 20 heavy (non-hydrogen) atoms. The van der Waals surface area contributed by atoms with Crippen LogP contribution in [-0.2, 0) is 16.5 Å². The van der Waals surface area contributed by atoms with E-state index in [4.69, 9.17) is 38.6 Å². The van der Waals surface area contributed by atoms with Crippen LogP contribution >= 0.6 is 22.2 Å². The fourth-order valence-electron chi connectivity index (χ4n) is 1.34. The van der Waals surface area contributed by atoms with Crippen molar-refractivity contribution in [3.8, 4) is 0 Å². The Kier molecular flexibility index (Phi) is 7.94. The minimum atomic E-state index is -3.30. The predicted octanol–water partition coefficient (Wildman–Crippen LogP) is 4.46. The number of rotatable bonds is 8. The van der Waals surface area contributed by atoms with E-state index >= 15 is 0 Å². The zero-order chi connectivity index (χ0) is 16.4. The lowest BCUT2D eigenvalue weighted by atomic mass is 11.8. The number of hydrogen-bond acceptors (Lipinski definition) is 4. The molecule has 0 aromatic heterocycles. The molecule has 0 amide bonds. The summed E-state index contributed by atoms with van der Waals surface area (Å²) in [4.78, 5) is 0. The Bertz CT molecular complexity index is 270. The summed E-state index contributed by atoms with van der Waals surface area (Å²) in [7, 11) is -11.1. The third-order valence-corrected chi connectivity index (χ3v) is 14.9. The molecule has 0 saturated heterocycles. The molecule has 0 rings (SSSR count). The molecule has 0 aliphatic rings. The topological polar surface area (TPSA) is 36.9 Å². The number of hydrogen-bond donors (Lipinski definition) is 0. The van der Waals surface area contributed by atoms with E-state index in [1.807, 2.05) is 0 Å². The van der Waals surface area contributed by atoms with Crippen LogP contribution < -0.4 is 0 Å². The summed E-state index contributed by atoms with van der Waals surface area (Å²) >= 11 is 11.9.